The van der Waals surface area contributed by atoms with Gasteiger partial charge in [0.05, 0.1) is 12.2 Å². The maximum Gasteiger partial charge on any atom is 0.258 e. The molecule has 0 radical (unpaired) electrons. The summed E-state index contributed by atoms with van der Waals surface area (Å²) in [6.07, 6.45) is 0.312. The van der Waals surface area contributed by atoms with Gasteiger partial charge in [-0.2, -0.15) is 0 Å². The van der Waals surface area contributed by atoms with Gasteiger partial charge in [-0.05, 0) is 60.0 Å². The Hall–Kier alpha value is -3.52. The van der Waals surface area contributed by atoms with E-state index in [4.69, 9.17) is 0 Å². The standard InChI is InChI=1S/C22H18FN3O3S/c23-16-5-9-17(10-6-16)25(14-19-2-1-13-30-19)22(29)15-3-7-18(8-4-15)26-21(28)12-11-20(27)24-26/h1-10,13H,11-12,14H2,(H,24,27). The molecule has 3 aromatic rings. The molecular formula is C22H18FN3O3S. The molecule has 3 amide bonds. The second-order valence-corrected chi connectivity index (χ2v) is 7.79. The topological polar surface area (TPSA) is 69.7 Å². The lowest BCUT2D eigenvalue weighted by Gasteiger charge is -2.27. The molecule has 4 rings (SSSR count). The molecule has 0 atom stereocenters. The summed E-state index contributed by atoms with van der Waals surface area (Å²) in [6, 6.07) is 16.1. The number of carbonyl (C=O) groups excluding carboxylic acids is 3. The molecule has 0 bridgehead atoms. The van der Waals surface area contributed by atoms with Crippen molar-refractivity contribution < 1.29 is 18.8 Å². The highest BCUT2D eigenvalue weighted by molar-refractivity contribution is 7.09. The fourth-order valence-corrected chi connectivity index (χ4v) is 3.85. The van der Waals surface area contributed by atoms with Crippen molar-refractivity contribution in [2.75, 3.05) is 9.91 Å². The normalized spacial score (nSPS) is 13.8. The minimum atomic E-state index is -0.375. The number of nitrogens with one attached hydrogen (secondary N) is 1. The number of benzene rings is 2. The van der Waals surface area contributed by atoms with Crippen LogP contribution in [-0.2, 0) is 16.1 Å². The van der Waals surface area contributed by atoms with E-state index in [0.717, 1.165) is 4.88 Å². The molecule has 1 aliphatic heterocycles. The van der Waals surface area contributed by atoms with Gasteiger partial charge in [0.25, 0.3) is 5.91 Å². The first-order valence-corrected chi connectivity index (χ1v) is 10.2. The Bertz CT molecular complexity index is 1070. The largest absolute Gasteiger partial charge is 0.303 e. The molecule has 1 saturated heterocycles. The van der Waals surface area contributed by atoms with Gasteiger partial charge in [0.15, 0.2) is 0 Å². The number of thiophene rings is 1. The molecule has 1 aromatic heterocycles. The van der Waals surface area contributed by atoms with Crippen molar-refractivity contribution in [3.63, 3.8) is 0 Å². The number of amides is 3. The molecule has 30 heavy (non-hydrogen) atoms. The Morgan fingerprint density at radius 3 is 2.43 bits per heavy atom. The second-order valence-electron chi connectivity index (χ2n) is 6.76. The van der Waals surface area contributed by atoms with Gasteiger partial charge in [-0.25, -0.2) is 9.40 Å². The van der Waals surface area contributed by atoms with Gasteiger partial charge in [-0.3, -0.25) is 19.8 Å². The molecule has 0 spiro atoms. The van der Waals surface area contributed by atoms with Crippen LogP contribution in [0.5, 0.6) is 0 Å². The summed E-state index contributed by atoms with van der Waals surface area (Å²) >= 11 is 1.53. The molecule has 1 N–H and O–H groups in total. The van der Waals surface area contributed by atoms with Gasteiger partial charge in [-0.1, -0.05) is 6.07 Å². The van der Waals surface area contributed by atoms with E-state index in [9.17, 15) is 18.8 Å². The Kier molecular flexibility index (Phi) is 5.58. The zero-order valence-corrected chi connectivity index (χ0v) is 16.7. The first-order chi connectivity index (χ1) is 14.5. The van der Waals surface area contributed by atoms with Crippen LogP contribution in [0.25, 0.3) is 0 Å². The molecule has 6 nitrogen and oxygen atoms in total. The van der Waals surface area contributed by atoms with Crippen LogP contribution in [0, 0.1) is 5.82 Å². The molecule has 0 aliphatic carbocycles. The molecular weight excluding hydrogens is 405 g/mol. The highest BCUT2D eigenvalue weighted by Gasteiger charge is 2.25. The number of nitrogens with zero attached hydrogens (tertiary/aromatic N) is 2. The van der Waals surface area contributed by atoms with E-state index in [1.165, 1.54) is 28.5 Å². The Morgan fingerprint density at radius 1 is 1.03 bits per heavy atom. The second kappa shape index (κ2) is 8.46. The van der Waals surface area contributed by atoms with E-state index in [1.807, 2.05) is 17.5 Å². The third-order valence-corrected chi connectivity index (χ3v) is 5.56. The fourth-order valence-electron chi connectivity index (χ4n) is 3.15. The summed E-state index contributed by atoms with van der Waals surface area (Å²) in [7, 11) is 0. The third-order valence-electron chi connectivity index (χ3n) is 4.70. The maximum absolute atomic E-state index is 13.4. The number of halogens is 1. The summed E-state index contributed by atoms with van der Waals surface area (Å²) in [5.41, 5.74) is 4.01. The molecule has 1 fully saturated rings. The van der Waals surface area contributed by atoms with Crippen LogP contribution in [0.2, 0.25) is 0 Å². The van der Waals surface area contributed by atoms with Crippen molar-refractivity contribution in [3.8, 4) is 0 Å². The van der Waals surface area contributed by atoms with Crippen molar-refractivity contribution in [1.82, 2.24) is 5.43 Å². The van der Waals surface area contributed by atoms with Crippen molar-refractivity contribution in [3.05, 3.63) is 82.3 Å². The number of rotatable bonds is 5. The lowest BCUT2D eigenvalue weighted by molar-refractivity contribution is -0.130. The van der Waals surface area contributed by atoms with E-state index in [2.05, 4.69) is 5.43 Å². The molecule has 152 valence electrons. The molecule has 0 saturated carbocycles. The zero-order chi connectivity index (χ0) is 21.1. The highest BCUT2D eigenvalue weighted by Crippen LogP contribution is 2.24. The van der Waals surface area contributed by atoms with Crippen molar-refractivity contribution in [2.45, 2.75) is 19.4 Å². The smallest absolute Gasteiger partial charge is 0.258 e. The third kappa shape index (κ3) is 4.23. The Labute approximate surface area is 176 Å². The van der Waals surface area contributed by atoms with Gasteiger partial charge < -0.3 is 4.90 Å². The lowest BCUT2D eigenvalue weighted by Crippen LogP contribution is -2.50. The van der Waals surface area contributed by atoms with Crippen molar-refractivity contribution in [2.24, 2.45) is 0 Å². The van der Waals surface area contributed by atoms with E-state index in [-0.39, 0.29) is 36.4 Å². The molecule has 2 heterocycles. The van der Waals surface area contributed by atoms with Crippen LogP contribution in [0.1, 0.15) is 28.1 Å². The number of anilines is 2. The SMILES string of the molecule is O=C1CCC(=O)N(c2ccc(C(=O)N(Cc3cccs3)c3ccc(F)cc3)cc2)N1. The summed E-state index contributed by atoms with van der Waals surface area (Å²) in [4.78, 5) is 39.5. The molecule has 2 aromatic carbocycles. The van der Waals surface area contributed by atoms with E-state index in [1.54, 1.807) is 41.3 Å². The lowest BCUT2D eigenvalue weighted by atomic mass is 10.1. The Morgan fingerprint density at radius 2 is 1.77 bits per heavy atom. The monoisotopic (exact) mass is 423 g/mol. The molecule has 8 heteroatoms. The maximum atomic E-state index is 13.4. The average Bonchev–Trinajstić information content (AvgIpc) is 3.27. The summed E-state index contributed by atoms with van der Waals surface area (Å²) in [6.45, 7) is 0.352. The predicted molar refractivity (Wildman–Crippen MR) is 113 cm³/mol. The number of hydrogen-bond donors (Lipinski definition) is 1. The van der Waals surface area contributed by atoms with E-state index in [0.29, 0.717) is 23.5 Å². The van der Waals surface area contributed by atoms with Gasteiger partial charge in [0, 0.05) is 29.0 Å². The van der Waals surface area contributed by atoms with Crippen LogP contribution in [0.4, 0.5) is 15.8 Å². The van der Waals surface area contributed by atoms with Crippen molar-refractivity contribution in [1.29, 1.82) is 0 Å². The van der Waals surface area contributed by atoms with E-state index < -0.39 is 0 Å². The van der Waals surface area contributed by atoms with Gasteiger partial charge in [0.2, 0.25) is 11.8 Å². The average molecular weight is 423 g/mol. The van der Waals surface area contributed by atoms with E-state index >= 15 is 0 Å². The molecule has 0 unspecified atom stereocenters. The van der Waals surface area contributed by atoms with Gasteiger partial charge in [-0.15, -0.1) is 11.3 Å². The minimum absolute atomic E-state index is 0.145. The number of hydrogen-bond acceptors (Lipinski definition) is 4. The quantitative estimate of drug-likeness (QED) is 0.677. The number of hydrazine groups is 1. The minimum Gasteiger partial charge on any atom is -0.303 e. The predicted octanol–water partition coefficient (Wildman–Crippen LogP) is 3.89. The van der Waals surface area contributed by atoms with Crippen LogP contribution in [-0.4, -0.2) is 17.7 Å². The number of carbonyl (C=O) groups is 3. The fraction of sp³-hybridized carbons (Fsp3) is 0.136. The first-order valence-electron chi connectivity index (χ1n) is 9.33. The van der Waals surface area contributed by atoms with Crippen LogP contribution in [0.3, 0.4) is 0 Å². The Balaban J connectivity index is 1.60. The van der Waals surface area contributed by atoms with Gasteiger partial charge >= 0.3 is 0 Å². The van der Waals surface area contributed by atoms with Crippen molar-refractivity contribution >= 4 is 40.4 Å². The summed E-state index contributed by atoms with van der Waals surface area (Å²) in [5.74, 6) is -1.07. The molecule has 1 aliphatic rings. The summed E-state index contributed by atoms with van der Waals surface area (Å²) in [5, 5.41) is 3.13. The first kappa shape index (κ1) is 19.8. The summed E-state index contributed by atoms with van der Waals surface area (Å²) < 4.78 is 13.4. The van der Waals surface area contributed by atoms with Crippen LogP contribution < -0.4 is 15.3 Å². The zero-order valence-electron chi connectivity index (χ0n) is 15.9. The van der Waals surface area contributed by atoms with Gasteiger partial charge in [0.1, 0.15) is 5.82 Å². The highest BCUT2D eigenvalue weighted by atomic mass is 32.1. The van der Waals surface area contributed by atoms with Crippen LogP contribution >= 0.6 is 11.3 Å². The van der Waals surface area contributed by atoms with Crippen LogP contribution in [0.15, 0.2) is 66.0 Å².